The molecule has 5 nitrogen and oxygen atoms in total. The van der Waals surface area contributed by atoms with Crippen molar-refractivity contribution in [2.24, 2.45) is 11.7 Å². The van der Waals surface area contributed by atoms with E-state index in [1.54, 1.807) is 0 Å². The number of rotatable bonds is 8. The van der Waals surface area contributed by atoms with Crippen LogP contribution < -0.4 is 10.6 Å². The number of pyridine rings is 1. The van der Waals surface area contributed by atoms with Crippen LogP contribution in [0.15, 0.2) is 12.1 Å². The lowest BCUT2D eigenvalue weighted by atomic mass is 9.94. The van der Waals surface area contributed by atoms with Crippen molar-refractivity contribution >= 4 is 17.0 Å². The summed E-state index contributed by atoms with van der Waals surface area (Å²) in [4.78, 5) is 14.6. The van der Waals surface area contributed by atoms with Gasteiger partial charge in [-0.1, -0.05) is 19.8 Å². The van der Waals surface area contributed by atoms with E-state index in [4.69, 9.17) is 5.73 Å². The Morgan fingerprint density at radius 1 is 1.19 bits per heavy atom. The summed E-state index contributed by atoms with van der Waals surface area (Å²) in [6.07, 6.45) is 5.69. The molecule has 2 rings (SSSR count). The highest BCUT2D eigenvalue weighted by molar-refractivity contribution is 5.73. The van der Waals surface area contributed by atoms with Crippen molar-refractivity contribution in [2.75, 3.05) is 25.5 Å². The van der Waals surface area contributed by atoms with Crippen molar-refractivity contribution in [1.29, 1.82) is 0 Å². The van der Waals surface area contributed by atoms with Crippen LogP contribution in [0.25, 0.3) is 11.2 Å². The first kappa shape index (κ1) is 15.8. The summed E-state index contributed by atoms with van der Waals surface area (Å²) in [5.41, 5.74) is 7.52. The molecule has 0 saturated carbocycles. The average Bonchev–Trinajstić information content (AvgIpc) is 2.87. The molecular formula is C16H27N5. The van der Waals surface area contributed by atoms with Gasteiger partial charge in [-0.2, -0.15) is 0 Å². The number of aromatic nitrogens is 3. The first-order chi connectivity index (χ1) is 10.1. The number of fused-ring (bicyclic) bond motifs is 1. The zero-order valence-electron chi connectivity index (χ0n) is 13.4. The number of hydrogen-bond acceptors (Lipinski definition) is 4. The van der Waals surface area contributed by atoms with Gasteiger partial charge in [0.1, 0.15) is 11.6 Å². The Labute approximate surface area is 127 Å². The van der Waals surface area contributed by atoms with Crippen molar-refractivity contribution in [2.45, 2.75) is 39.0 Å². The third kappa shape index (κ3) is 4.17. The van der Waals surface area contributed by atoms with E-state index in [0.29, 0.717) is 5.92 Å². The lowest BCUT2D eigenvalue weighted by Crippen LogP contribution is -2.10. The lowest BCUT2D eigenvalue weighted by molar-refractivity contribution is 0.418. The van der Waals surface area contributed by atoms with Gasteiger partial charge in [-0.3, -0.25) is 0 Å². The van der Waals surface area contributed by atoms with Crippen molar-refractivity contribution < 1.29 is 0 Å². The number of nitrogens with one attached hydrogen (secondary N) is 1. The number of nitrogens with two attached hydrogens (primary N) is 1. The molecule has 0 spiro atoms. The average molecular weight is 289 g/mol. The fourth-order valence-electron chi connectivity index (χ4n) is 2.72. The highest BCUT2D eigenvalue weighted by Crippen LogP contribution is 2.19. The van der Waals surface area contributed by atoms with Crippen molar-refractivity contribution in [1.82, 2.24) is 15.0 Å². The predicted molar refractivity (Wildman–Crippen MR) is 88.6 cm³/mol. The van der Waals surface area contributed by atoms with Gasteiger partial charge in [-0.15, -0.1) is 0 Å². The summed E-state index contributed by atoms with van der Waals surface area (Å²) >= 11 is 0. The highest BCUT2D eigenvalue weighted by Gasteiger charge is 2.10. The van der Waals surface area contributed by atoms with Crippen LogP contribution in [0.3, 0.4) is 0 Å². The molecule has 2 aromatic rings. The zero-order valence-corrected chi connectivity index (χ0v) is 13.4. The largest absolute Gasteiger partial charge is 0.363 e. The molecule has 1 unspecified atom stereocenters. The summed E-state index contributed by atoms with van der Waals surface area (Å²) in [5.74, 6) is 2.68. The number of imidazole rings is 1. The molecule has 21 heavy (non-hydrogen) atoms. The zero-order chi connectivity index (χ0) is 15.2. The topological polar surface area (TPSA) is 70.8 Å². The van der Waals surface area contributed by atoms with Crippen LogP contribution in [0.2, 0.25) is 0 Å². The van der Waals surface area contributed by atoms with E-state index in [2.05, 4.69) is 27.9 Å². The van der Waals surface area contributed by atoms with E-state index in [1.807, 2.05) is 25.1 Å². The quantitative estimate of drug-likeness (QED) is 0.784. The number of aryl methyl sites for hydroxylation is 1. The Kier molecular flexibility index (Phi) is 5.56. The molecule has 1 atom stereocenters. The standard InChI is InChI=1S/C16H27N5/c1-4-5-12(10-11-17)6-8-14-18-13-7-9-15(21(2)3)20-16(13)19-14/h7,9,12H,4-6,8,10-11,17H2,1-3H3,(H,18,19,20). The van der Waals surface area contributed by atoms with Gasteiger partial charge >= 0.3 is 0 Å². The summed E-state index contributed by atoms with van der Waals surface area (Å²) in [7, 11) is 3.98. The van der Waals surface area contributed by atoms with Gasteiger partial charge in [0, 0.05) is 20.5 Å². The lowest BCUT2D eigenvalue weighted by Gasteiger charge is -2.13. The Morgan fingerprint density at radius 2 is 2.00 bits per heavy atom. The maximum Gasteiger partial charge on any atom is 0.179 e. The Balaban J connectivity index is 2.05. The summed E-state index contributed by atoms with van der Waals surface area (Å²) in [6.45, 7) is 3.01. The molecule has 3 N–H and O–H groups in total. The molecule has 5 heteroatoms. The number of hydrogen-bond donors (Lipinski definition) is 2. The van der Waals surface area contributed by atoms with Crippen molar-refractivity contribution in [3.63, 3.8) is 0 Å². The number of anilines is 1. The minimum atomic E-state index is 0.707. The molecule has 0 amide bonds. The van der Waals surface area contributed by atoms with E-state index in [9.17, 15) is 0 Å². The fourth-order valence-corrected chi connectivity index (χ4v) is 2.72. The Bertz CT molecular complexity index is 555. The second-order valence-corrected chi connectivity index (χ2v) is 5.89. The smallest absolute Gasteiger partial charge is 0.179 e. The van der Waals surface area contributed by atoms with Crippen molar-refractivity contribution in [3.05, 3.63) is 18.0 Å². The molecular weight excluding hydrogens is 262 g/mol. The van der Waals surface area contributed by atoms with Crippen molar-refractivity contribution in [3.8, 4) is 0 Å². The van der Waals surface area contributed by atoms with Gasteiger partial charge < -0.3 is 15.6 Å². The molecule has 0 radical (unpaired) electrons. The third-order valence-corrected chi connectivity index (χ3v) is 3.90. The first-order valence-corrected chi connectivity index (χ1v) is 7.87. The molecule has 0 aliphatic rings. The SMILES string of the molecule is CCCC(CCN)CCc1nc2nc(N(C)C)ccc2[nH]1. The van der Waals surface area contributed by atoms with Crippen LogP contribution >= 0.6 is 0 Å². The number of aromatic amines is 1. The van der Waals surface area contributed by atoms with Crippen LogP contribution in [-0.4, -0.2) is 35.6 Å². The van der Waals surface area contributed by atoms with Gasteiger partial charge in [-0.25, -0.2) is 9.97 Å². The van der Waals surface area contributed by atoms with E-state index >= 15 is 0 Å². The van der Waals surface area contributed by atoms with Gasteiger partial charge in [0.15, 0.2) is 5.65 Å². The molecule has 0 bridgehead atoms. The summed E-state index contributed by atoms with van der Waals surface area (Å²) in [5, 5.41) is 0. The molecule has 0 aromatic carbocycles. The molecule has 116 valence electrons. The second kappa shape index (κ2) is 7.41. The molecule has 0 aliphatic heterocycles. The molecule has 0 aliphatic carbocycles. The van der Waals surface area contributed by atoms with Crippen LogP contribution in [0, 0.1) is 5.92 Å². The van der Waals surface area contributed by atoms with Crippen LogP contribution in [0.4, 0.5) is 5.82 Å². The number of nitrogens with zero attached hydrogens (tertiary/aromatic N) is 3. The van der Waals surface area contributed by atoms with Gasteiger partial charge in [0.25, 0.3) is 0 Å². The molecule has 0 fully saturated rings. The van der Waals surface area contributed by atoms with E-state index in [1.165, 1.54) is 12.8 Å². The maximum atomic E-state index is 5.70. The predicted octanol–water partition coefficient (Wildman–Crippen LogP) is 2.72. The van der Waals surface area contributed by atoms with Gasteiger partial charge in [0.2, 0.25) is 0 Å². The van der Waals surface area contributed by atoms with Crippen LogP contribution in [0.1, 0.15) is 38.4 Å². The molecule has 2 heterocycles. The minimum Gasteiger partial charge on any atom is -0.363 e. The molecule has 2 aromatic heterocycles. The normalized spacial score (nSPS) is 12.8. The van der Waals surface area contributed by atoms with Gasteiger partial charge in [-0.05, 0) is 37.4 Å². The number of H-pyrrole nitrogens is 1. The van der Waals surface area contributed by atoms with Crippen LogP contribution in [-0.2, 0) is 6.42 Å². The summed E-state index contributed by atoms with van der Waals surface area (Å²) < 4.78 is 0. The minimum absolute atomic E-state index is 0.707. The highest BCUT2D eigenvalue weighted by atomic mass is 15.1. The van der Waals surface area contributed by atoms with E-state index < -0.39 is 0 Å². The van der Waals surface area contributed by atoms with Gasteiger partial charge in [0.05, 0.1) is 5.52 Å². The molecule has 0 saturated heterocycles. The summed E-state index contributed by atoms with van der Waals surface area (Å²) in [6, 6.07) is 4.07. The Hall–Kier alpha value is -1.62. The maximum absolute atomic E-state index is 5.70. The van der Waals surface area contributed by atoms with E-state index in [0.717, 1.165) is 48.6 Å². The fraction of sp³-hybridized carbons (Fsp3) is 0.625. The third-order valence-electron chi connectivity index (χ3n) is 3.90. The first-order valence-electron chi connectivity index (χ1n) is 7.87. The van der Waals surface area contributed by atoms with E-state index in [-0.39, 0.29) is 0 Å². The monoisotopic (exact) mass is 289 g/mol. The van der Waals surface area contributed by atoms with Crippen LogP contribution in [0.5, 0.6) is 0 Å². The Morgan fingerprint density at radius 3 is 2.67 bits per heavy atom. The second-order valence-electron chi connectivity index (χ2n) is 5.89.